The second-order valence-electron chi connectivity index (χ2n) is 5.24. The molecule has 0 aliphatic rings. The predicted octanol–water partition coefficient (Wildman–Crippen LogP) is 3.48. The van der Waals surface area contributed by atoms with Gasteiger partial charge in [0.25, 0.3) is 0 Å². The molecule has 0 fully saturated rings. The van der Waals surface area contributed by atoms with E-state index in [9.17, 15) is 0 Å². The number of para-hydroxylation sites is 1. The van der Waals surface area contributed by atoms with Crippen LogP contribution in [0.3, 0.4) is 0 Å². The molecule has 0 saturated carbocycles. The van der Waals surface area contributed by atoms with E-state index in [1.807, 2.05) is 60.0 Å². The van der Waals surface area contributed by atoms with Crippen LogP contribution in [0.5, 0.6) is 11.5 Å². The minimum absolute atomic E-state index is 0.223. The first-order valence-corrected chi connectivity index (χ1v) is 7.58. The van der Waals surface area contributed by atoms with E-state index in [0.717, 1.165) is 22.5 Å². The highest BCUT2D eigenvalue weighted by Gasteiger charge is 2.18. The Kier molecular flexibility index (Phi) is 3.38. The summed E-state index contributed by atoms with van der Waals surface area (Å²) in [5.41, 5.74) is 8.01. The van der Waals surface area contributed by atoms with Gasteiger partial charge < -0.3 is 15.0 Å². The van der Waals surface area contributed by atoms with Crippen molar-refractivity contribution in [2.45, 2.75) is 13.5 Å². The maximum absolute atomic E-state index is 5.90. The fourth-order valence-corrected chi connectivity index (χ4v) is 2.64. The van der Waals surface area contributed by atoms with E-state index in [2.05, 4.69) is 15.3 Å². The molecule has 4 rings (SSSR count). The molecular formula is C17H15N5O2. The van der Waals surface area contributed by atoms with E-state index >= 15 is 0 Å². The number of benzene rings is 2. The van der Waals surface area contributed by atoms with E-state index in [0.29, 0.717) is 18.1 Å². The zero-order valence-electron chi connectivity index (χ0n) is 13.0. The van der Waals surface area contributed by atoms with Gasteiger partial charge in [-0.25, -0.2) is 9.61 Å². The molecule has 7 nitrogen and oxygen atoms in total. The number of anilines is 1. The molecule has 0 aliphatic carbocycles. The number of hydrogen-bond acceptors (Lipinski definition) is 6. The van der Waals surface area contributed by atoms with Crippen LogP contribution in [0.2, 0.25) is 0 Å². The molecule has 2 aromatic heterocycles. The summed E-state index contributed by atoms with van der Waals surface area (Å²) in [6.07, 6.45) is 0. The van der Waals surface area contributed by atoms with Crippen LogP contribution in [-0.4, -0.2) is 19.9 Å². The Balaban J connectivity index is 1.80. The van der Waals surface area contributed by atoms with Crippen molar-refractivity contribution in [2.75, 3.05) is 5.73 Å². The normalized spacial score (nSPS) is 11.0. The van der Waals surface area contributed by atoms with Crippen LogP contribution in [0.15, 0.2) is 53.2 Å². The van der Waals surface area contributed by atoms with Crippen molar-refractivity contribution in [1.82, 2.24) is 19.9 Å². The van der Waals surface area contributed by atoms with Crippen LogP contribution in [-0.2, 0) is 6.54 Å². The van der Waals surface area contributed by atoms with Crippen molar-refractivity contribution in [2.24, 2.45) is 0 Å². The SMILES string of the molecule is CCn1c(-c2nonc2N)nc2ccc(Oc3ccccc3)cc21. The highest BCUT2D eigenvalue weighted by molar-refractivity contribution is 5.82. The largest absolute Gasteiger partial charge is 0.457 e. The van der Waals surface area contributed by atoms with Gasteiger partial charge in [0, 0.05) is 12.6 Å². The lowest BCUT2D eigenvalue weighted by atomic mass is 10.3. The summed E-state index contributed by atoms with van der Waals surface area (Å²) in [6, 6.07) is 15.4. The van der Waals surface area contributed by atoms with Crippen molar-refractivity contribution in [1.29, 1.82) is 0 Å². The molecule has 0 aliphatic heterocycles. The molecule has 0 atom stereocenters. The second kappa shape index (κ2) is 5.69. The first-order chi connectivity index (χ1) is 11.8. The summed E-state index contributed by atoms with van der Waals surface area (Å²) in [4.78, 5) is 4.60. The Bertz CT molecular complexity index is 991. The van der Waals surface area contributed by atoms with Gasteiger partial charge in [-0.15, -0.1) is 0 Å². The standard InChI is InChI=1S/C17H15N5O2/c1-2-22-14-10-12(23-11-6-4-3-5-7-11)8-9-13(14)19-17(22)15-16(18)21-24-20-15/h3-10H,2H2,1H3,(H2,18,21). The Labute approximate surface area is 137 Å². The smallest absolute Gasteiger partial charge is 0.199 e. The van der Waals surface area contributed by atoms with Crippen LogP contribution in [0.25, 0.3) is 22.6 Å². The summed E-state index contributed by atoms with van der Waals surface area (Å²) in [5, 5.41) is 7.48. The fourth-order valence-electron chi connectivity index (χ4n) is 2.64. The predicted molar refractivity (Wildman–Crippen MR) is 89.6 cm³/mol. The van der Waals surface area contributed by atoms with Crippen LogP contribution in [0, 0.1) is 0 Å². The first kappa shape index (κ1) is 14.3. The Morgan fingerprint density at radius 2 is 1.92 bits per heavy atom. The molecule has 24 heavy (non-hydrogen) atoms. The summed E-state index contributed by atoms with van der Waals surface area (Å²) >= 11 is 0. The molecule has 0 unspecified atom stereocenters. The Hall–Kier alpha value is -3.35. The van der Waals surface area contributed by atoms with E-state index in [1.54, 1.807) is 0 Å². The topological polar surface area (TPSA) is 92.0 Å². The summed E-state index contributed by atoms with van der Waals surface area (Å²) in [6.45, 7) is 2.73. The molecule has 7 heteroatoms. The van der Waals surface area contributed by atoms with Crippen molar-refractivity contribution in [3.8, 4) is 23.0 Å². The van der Waals surface area contributed by atoms with E-state index in [1.165, 1.54) is 0 Å². The van der Waals surface area contributed by atoms with Gasteiger partial charge in [0.05, 0.1) is 11.0 Å². The Morgan fingerprint density at radius 1 is 1.08 bits per heavy atom. The zero-order chi connectivity index (χ0) is 16.5. The van der Waals surface area contributed by atoms with Gasteiger partial charge in [0.2, 0.25) is 0 Å². The molecule has 120 valence electrons. The number of fused-ring (bicyclic) bond motifs is 1. The van der Waals surface area contributed by atoms with E-state index in [4.69, 9.17) is 15.1 Å². The van der Waals surface area contributed by atoms with Gasteiger partial charge in [-0.3, -0.25) is 0 Å². The van der Waals surface area contributed by atoms with E-state index in [-0.39, 0.29) is 5.82 Å². The number of imidazole rings is 1. The van der Waals surface area contributed by atoms with Gasteiger partial charge in [0.1, 0.15) is 11.5 Å². The maximum atomic E-state index is 5.90. The number of rotatable bonds is 4. The number of ether oxygens (including phenoxy) is 1. The van der Waals surface area contributed by atoms with Crippen LogP contribution >= 0.6 is 0 Å². The van der Waals surface area contributed by atoms with Crippen LogP contribution < -0.4 is 10.5 Å². The quantitative estimate of drug-likeness (QED) is 0.618. The van der Waals surface area contributed by atoms with Crippen molar-refractivity contribution >= 4 is 16.9 Å². The van der Waals surface area contributed by atoms with Gasteiger partial charge in [-0.1, -0.05) is 18.2 Å². The van der Waals surface area contributed by atoms with Crippen molar-refractivity contribution in [3.05, 3.63) is 48.5 Å². The zero-order valence-corrected chi connectivity index (χ0v) is 13.0. The van der Waals surface area contributed by atoms with Gasteiger partial charge in [0.15, 0.2) is 17.3 Å². The van der Waals surface area contributed by atoms with Crippen LogP contribution in [0.1, 0.15) is 6.92 Å². The number of nitrogen functional groups attached to an aromatic ring is 1. The molecule has 0 bridgehead atoms. The Morgan fingerprint density at radius 3 is 2.62 bits per heavy atom. The lowest BCUT2D eigenvalue weighted by Gasteiger charge is -2.07. The third-order valence-electron chi connectivity index (χ3n) is 3.74. The number of hydrogen-bond donors (Lipinski definition) is 1. The molecule has 2 aromatic carbocycles. The summed E-state index contributed by atoms with van der Waals surface area (Å²) in [7, 11) is 0. The monoisotopic (exact) mass is 321 g/mol. The molecule has 2 heterocycles. The number of nitrogens with two attached hydrogens (primary N) is 1. The molecular weight excluding hydrogens is 306 g/mol. The molecule has 0 saturated heterocycles. The third kappa shape index (κ3) is 2.36. The minimum Gasteiger partial charge on any atom is -0.457 e. The number of nitrogens with zero attached hydrogens (tertiary/aromatic N) is 4. The average Bonchev–Trinajstić information content (AvgIpc) is 3.18. The lowest BCUT2D eigenvalue weighted by Crippen LogP contribution is -2.00. The fraction of sp³-hybridized carbons (Fsp3) is 0.118. The van der Waals surface area contributed by atoms with Crippen molar-refractivity contribution in [3.63, 3.8) is 0 Å². The first-order valence-electron chi connectivity index (χ1n) is 7.58. The third-order valence-corrected chi connectivity index (χ3v) is 3.74. The van der Waals surface area contributed by atoms with Crippen molar-refractivity contribution < 1.29 is 9.37 Å². The maximum Gasteiger partial charge on any atom is 0.199 e. The highest BCUT2D eigenvalue weighted by atomic mass is 16.6. The highest BCUT2D eigenvalue weighted by Crippen LogP contribution is 2.30. The molecule has 0 radical (unpaired) electrons. The summed E-state index contributed by atoms with van der Waals surface area (Å²) < 4.78 is 12.6. The number of aryl methyl sites for hydroxylation is 1. The van der Waals surface area contributed by atoms with Crippen LogP contribution in [0.4, 0.5) is 5.82 Å². The second-order valence-corrected chi connectivity index (χ2v) is 5.24. The van der Waals surface area contributed by atoms with E-state index < -0.39 is 0 Å². The average molecular weight is 321 g/mol. The van der Waals surface area contributed by atoms with Gasteiger partial charge in [-0.2, -0.15) is 0 Å². The molecule has 0 spiro atoms. The molecule has 0 amide bonds. The lowest BCUT2D eigenvalue weighted by molar-refractivity contribution is 0.310. The van der Waals surface area contributed by atoms with Gasteiger partial charge in [-0.05, 0) is 41.5 Å². The van der Waals surface area contributed by atoms with Gasteiger partial charge >= 0.3 is 0 Å². The minimum atomic E-state index is 0.223. The number of aromatic nitrogens is 4. The summed E-state index contributed by atoms with van der Waals surface area (Å²) in [5.74, 6) is 2.37. The molecule has 2 N–H and O–H groups in total. The molecule has 4 aromatic rings.